The standard InChI is InChI=1S/C12H23N5O2S/c1-3-17-9-11(12(13)15-17)20(18,19)14-8-10-4-6-16(2)7-5-10/h9-10,14H,3-8H2,1-2H3,(H2,13,15). The molecule has 2 rings (SSSR count). The molecular weight excluding hydrogens is 278 g/mol. The number of rotatable bonds is 5. The summed E-state index contributed by atoms with van der Waals surface area (Å²) in [6, 6.07) is 0. The molecule has 0 aliphatic carbocycles. The fraction of sp³-hybridized carbons (Fsp3) is 0.750. The quantitative estimate of drug-likeness (QED) is 0.805. The third kappa shape index (κ3) is 3.50. The van der Waals surface area contributed by atoms with Gasteiger partial charge >= 0.3 is 0 Å². The van der Waals surface area contributed by atoms with Crippen LogP contribution in [0.25, 0.3) is 0 Å². The van der Waals surface area contributed by atoms with E-state index < -0.39 is 10.0 Å². The fourth-order valence-corrected chi connectivity index (χ4v) is 3.55. The van der Waals surface area contributed by atoms with Crippen LogP contribution in [-0.4, -0.2) is 49.8 Å². The minimum atomic E-state index is -3.57. The fourth-order valence-electron chi connectivity index (χ4n) is 2.36. The highest BCUT2D eigenvalue weighted by molar-refractivity contribution is 7.89. The van der Waals surface area contributed by atoms with Gasteiger partial charge in [-0.2, -0.15) is 5.10 Å². The Kier molecular flexibility index (Phi) is 4.66. The molecule has 114 valence electrons. The van der Waals surface area contributed by atoms with Gasteiger partial charge in [0.1, 0.15) is 4.90 Å². The number of aryl methyl sites for hydroxylation is 1. The number of hydrogen-bond donors (Lipinski definition) is 2. The van der Waals surface area contributed by atoms with Gasteiger partial charge in [-0.15, -0.1) is 0 Å². The van der Waals surface area contributed by atoms with Crippen molar-refractivity contribution in [2.24, 2.45) is 5.92 Å². The zero-order valence-electron chi connectivity index (χ0n) is 12.0. The van der Waals surface area contributed by atoms with E-state index in [1.54, 1.807) is 0 Å². The number of likely N-dealkylation sites (tertiary alicyclic amines) is 1. The van der Waals surface area contributed by atoms with Crippen LogP contribution in [0.2, 0.25) is 0 Å². The Hall–Kier alpha value is -1.12. The number of hydrogen-bond acceptors (Lipinski definition) is 5. The van der Waals surface area contributed by atoms with Crippen molar-refractivity contribution in [3.8, 4) is 0 Å². The smallest absolute Gasteiger partial charge is 0.245 e. The number of sulfonamides is 1. The van der Waals surface area contributed by atoms with Gasteiger partial charge < -0.3 is 10.6 Å². The van der Waals surface area contributed by atoms with Crippen LogP contribution >= 0.6 is 0 Å². The highest BCUT2D eigenvalue weighted by Crippen LogP contribution is 2.18. The number of nitrogens with one attached hydrogen (secondary N) is 1. The van der Waals surface area contributed by atoms with Crippen molar-refractivity contribution < 1.29 is 8.42 Å². The van der Waals surface area contributed by atoms with E-state index in [1.165, 1.54) is 10.9 Å². The molecule has 1 aromatic rings. The monoisotopic (exact) mass is 301 g/mol. The van der Waals surface area contributed by atoms with Crippen molar-refractivity contribution in [3.05, 3.63) is 6.20 Å². The molecule has 1 aliphatic heterocycles. The first-order valence-electron chi connectivity index (χ1n) is 6.93. The second kappa shape index (κ2) is 6.11. The van der Waals surface area contributed by atoms with Gasteiger partial charge in [0, 0.05) is 19.3 Å². The van der Waals surface area contributed by atoms with Crippen LogP contribution in [0.4, 0.5) is 5.82 Å². The zero-order chi connectivity index (χ0) is 14.8. The van der Waals surface area contributed by atoms with Crippen LogP contribution in [0.5, 0.6) is 0 Å². The molecule has 1 aliphatic rings. The number of anilines is 1. The lowest BCUT2D eigenvalue weighted by Crippen LogP contribution is -2.36. The summed E-state index contributed by atoms with van der Waals surface area (Å²) in [7, 11) is -1.48. The van der Waals surface area contributed by atoms with Crippen molar-refractivity contribution in [3.63, 3.8) is 0 Å². The van der Waals surface area contributed by atoms with E-state index >= 15 is 0 Å². The summed E-state index contributed by atoms with van der Waals surface area (Å²) in [5.74, 6) is 0.450. The van der Waals surface area contributed by atoms with Gasteiger partial charge in [0.2, 0.25) is 10.0 Å². The predicted octanol–water partition coefficient (Wildman–Crippen LogP) is 0.105. The van der Waals surface area contributed by atoms with Crippen LogP contribution in [0.15, 0.2) is 11.1 Å². The molecule has 1 aromatic heterocycles. The molecule has 1 saturated heterocycles. The van der Waals surface area contributed by atoms with Crippen LogP contribution in [0.3, 0.4) is 0 Å². The van der Waals surface area contributed by atoms with Crippen molar-refractivity contribution in [1.82, 2.24) is 19.4 Å². The summed E-state index contributed by atoms with van der Waals surface area (Å²) in [5.41, 5.74) is 5.67. The lowest BCUT2D eigenvalue weighted by atomic mass is 9.98. The number of nitrogen functional groups attached to an aromatic ring is 1. The van der Waals surface area contributed by atoms with Crippen LogP contribution < -0.4 is 10.5 Å². The molecule has 1 fully saturated rings. The first kappa shape index (κ1) is 15.3. The summed E-state index contributed by atoms with van der Waals surface area (Å²) in [5, 5.41) is 3.97. The van der Waals surface area contributed by atoms with Crippen molar-refractivity contribution in [2.75, 3.05) is 32.4 Å². The van der Waals surface area contributed by atoms with Gasteiger partial charge in [-0.3, -0.25) is 4.68 Å². The SMILES string of the molecule is CCn1cc(S(=O)(=O)NCC2CCN(C)CC2)c(N)n1. The van der Waals surface area contributed by atoms with Crippen LogP contribution in [0, 0.1) is 5.92 Å². The van der Waals surface area contributed by atoms with E-state index in [-0.39, 0.29) is 10.7 Å². The molecule has 0 radical (unpaired) electrons. The lowest BCUT2D eigenvalue weighted by Gasteiger charge is -2.28. The predicted molar refractivity (Wildman–Crippen MR) is 77.7 cm³/mol. The van der Waals surface area contributed by atoms with Gasteiger partial charge in [-0.25, -0.2) is 13.1 Å². The van der Waals surface area contributed by atoms with Gasteiger partial charge in [0.15, 0.2) is 5.82 Å². The third-order valence-electron chi connectivity index (χ3n) is 3.77. The topological polar surface area (TPSA) is 93.2 Å². The second-order valence-electron chi connectivity index (χ2n) is 5.33. The Morgan fingerprint density at radius 3 is 2.65 bits per heavy atom. The molecule has 7 nitrogen and oxygen atoms in total. The van der Waals surface area contributed by atoms with Gasteiger partial charge in [0.05, 0.1) is 0 Å². The third-order valence-corrected chi connectivity index (χ3v) is 5.21. The molecule has 20 heavy (non-hydrogen) atoms. The summed E-state index contributed by atoms with van der Waals surface area (Å²) < 4.78 is 28.7. The van der Waals surface area contributed by atoms with Crippen LogP contribution in [0.1, 0.15) is 19.8 Å². The molecule has 0 saturated carbocycles. The highest BCUT2D eigenvalue weighted by atomic mass is 32.2. The Morgan fingerprint density at radius 1 is 1.45 bits per heavy atom. The average molecular weight is 301 g/mol. The number of nitrogens with zero attached hydrogens (tertiary/aromatic N) is 3. The van der Waals surface area contributed by atoms with Gasteiger partial charge in [-0.05, 0) is 45.8 Å². The normalized spacial score (nSPS) is 18.5. The minimum Gasteiger partial charge on any atom is -0.381 e. The average Bonchev–Trinajstić information content (AvgIpc) is 2.80. The Bertz CT molecular complexity index is 546. The second-order valence-corrected chi connectivity index (χ2v) is 7.07. The largest absolute Gasteiger partial charge is 0.381 e. The van der Waals surface area contributed by atoms with E-state index in [1.807, 2.05) is 6.92 Å². The molecule has 0 bridgehead atoms. The molecule has 0 amide bonds. The van der Waals surface area contributed by atoms with Crippen molar-refractivity contribution in [2.45, 2.75) is 31.2 Å². The molecule has 8 heteroatoms. The van der Waals surface area contributed by atoms with Crippen molar-refractivity contribution >= 4 is 15.8 Å². The molecule has 0 aromatic carbocycles. The highest BCUT2D eigenvalue weighted by Gasteiger charge is 2.23. The number of nitrogens with two attached hydrogens (primary N) is 1. The molecule has 3 N–H and O–H groups in total. The molecule has 0 atom stereocenters. The Balaban J connectivity index is 1.98. The Morgan fingerprint density at radius 2 is 2.10 bits per heavy atom. The van der Waals surface area contributed by atoms with Gasteiger partial charge in [0.25, 0.3) is 0 Å². The maximum atomic E-state index is 12.2. The number of aromatic nitrogens is 2. The summed E-state index contributed by atoms with van der Waals surface area (Å²) >= 11 is 0. The van der Waals surface area contributed by atoms with Crippen LogP contribution in [-0.2, 0) is 16.6 Å². The molecule has 0 spiro atoms. The number of piperidine rings is 1. The summed E-state index contributed by atoms with van der Waals surface area (Å²) in [6.45, 7) is 4.97. The van der Waals surface area contributed by atoms with E-state index in [9.17, 15) is 8.42 Å². The first-order valence-corrected chi connectivity index (χ1v) is 8.42. The zero-order valence-corrected chi connectivity index (χ0v) is 12.9. The molecular formula is C12H23N5O2S. The molecule has 2 heterocycles. The first-order chi connectivity index (χ1) is 9.42. The van der Waals surface area contributed by atoms with Gasteiger partial charge in [-0.1, -0.05) is 0 Å². The van der Waals surface area contributed by atoms with E-state index in [4.69, 9.17) is 5.73 Å². The minimum absolute atomic E-state index is 0.0581. The lowest BCUT2D eigenvalue weighted by molar-refractivity contribution is 0.220. The Labute approximate surface area is 120 Å². The maximum Gasteiger partial charge on any atom is 0.245 e. The summed E-state index contributed by atoms with van der Waals surface area (Å²) in [4.78, 5) is 2.33. The van der Waals surface area contributed by atoms with Crippen molar-refractivity contribution in [1.29, 1.82) is 0 Å². The summed E-state index contributed by atoms with van der Waals surface area (Å²) in [6.07, 6.45) is 3.51. The van der Waals surface area contributed by atoms with E-state index in [2.05, 4.69) is 21.8 Å². The van der Waals surface area contributed by atoms with E-state index in [0.29, 0.717) is 19.0 Å². The molecule has 0 unspecified atom stereocenters. The van der Waals surface area contributed by atoms with E-state index in [0.717, 1.165) is 25.9 Å². The maximum absolute atomic E-state index is 12.2.